The summed E-state index contributed by atoms with van der Waals surface area (Å²) >= 11 is 8.82. The molecule has 0 aromatic carbocycles. The molecule has 0 atom stereocenters. The third-order valence-corrected chi connectivity index (χ3v) is 2.10. The average molecular weight is 195 g/mol. The van der Waals surface area contributed by atoms with Crippen LogP contribution in [0.2, 0.25) is 5.02 Å². The van der Waals surface area contributed by atoms with E-state index >= 15 is 0 Å². The van der Waals surface area contributed by atoms with Gasteiger partial charge in [-0.05, 0) is 22.9 Å². The zero-order valence-corrected chi connectivity index (χ0v) is 6.55. The lowest BCUT2D eigenvalue weighted by Crippen LogP contribution is -1.67. The molecule has 1 rings (SSSR count). The van der Waals surface area contributed by atoms with Crippen molar-refractivity contribution < 1.29 is 0 Å². The second kappa shape index (κ2) is 2.07. The monoisotopic (exact) mass is 194 g/mol. The van der Waals surface area contributed by atoms with Crippen molar-refractivity contribution in [1.82, 2.24) is 10.2 Å². The smallest absolute Gasteiger partial charge is 0.119 e. The summed E-state index contributed by atoms with van der Waals surface area (Å²) < 4.78 is 0.747. The topological polar surface area (TPSA) is 28.7 Å². The molecule has 0 saturated carbocycles. The first-order valence-electron chi connectivity index (χ1n) is 2.08. The van der Waals surface area contributed by atoms with Crippen molar-refractivity contribution in [2.45, 2.75) is 6.92 Å². The van der Waals surface area contributed by atoms with Gasteiger partial charge >= 0.3 is 0 Å². The first-order chi connectivity index (χ1) is 3.72. The van der Waals surface area contributed by atoms with Gasteiger partial charge in [-0.3, -0.25) is 5.10 Å². The number of aryl methyl sites for hydroxylation is 1. The Kier molecular flexibility index (Phi) is 1.58. The van der Waals surface area contributed by atoms with Gasteiger partial charge in [0.1, 0.15) is 4.60 Å². The maximum Gasteiger partial charge on any atom is 0.119 e. The largest absolute Gasteiger partial charge is 0.270 e. The highest BCUT2D eigenvalue weighted by molar-refractivity contribution is 9.10. The summed E-state index contributed by atoms with van der Waals surface area (Å²) in [5.74, 6) is 0. The summed E-state index contributed by atoms with van der Waals surface area (Å²) in [5, 5.41) is 7.14. The summed E-state index contributed by atoms with van der Waals surface area (Å²) in [6.45, 7) is 1.84. The maximum absolute atomic E-state index is 5.65. The Morgan fingerprint density at radius 3 is 2.50 bits per heavy atom. The molecule has 0 saturated heterocycles. The number of halogens is 2. The molecule has 0 unspecified atom stereocenters. The van der Waals surface area contributed by atoms with Crippen LogP contribution in [-0.2, 0) is 0 Å². The van der Waals surface area contributed by atoms with Crippen molar-refractivity contribution in [3.63, 3.8) is 0 Å². The number of H-pyrrole nitrogens is 1. The summed E-state index contributed by atoms with van der Waals surface area (Å²) in [7, 11) is 0. The van der Waals surface area contributed by atoms with Crippen LogP contribution in [0.3, 0.4) is 0 Å². The van der Waals surface area contributed by atoms with E-state index < -0.39 is 0 Å². The molecule has 1 aromatic heterocycles. The van der Waals surface area contributed by atoms with Gasteiger partial charge in [-0.1, -0.05) is 11.6 Å². The van der Waals surface area contributed by atoms with E-state index in [2.05, 4.69) is 26.1 Å². The molecular weight excluding hydrogens is 191 g/mol. The van der Waals surface area contributed by atoms with Crippen LogP contribution < -0.4 is 0 Å². The second-order valence-electron chi connectivity index (χ2n) is 1.44. The van der Waals surface area contributed by atoms with E-state index in [4.69, 9.17) is 11.6 Å². The Balaban J connectivity index is 3.19. The predicted molar refractivity (Wildman–Crippen MR) is 36.0 cm³/mol. The van der Waals surface area contributed by atoms with Gasteiger partial charge in [0.05, 0.1) is 10.7 Å². The fourth-order valence-corrected chi connectivity index (χ4v) is 0.850. The fourth-order valence-electron chi connectivity index (χ4n) is 0.390. The van der Waals surface area contributed by atoms with E-state index in [0.29, 0.717) is 5.02 Å². The van der Waals surface area contributed by atoms with Crippen LogP contribution in [0.15, 0.2) is 4.60 Å². The molecule has 4 heteroatoms. The molecular formula is C4H4BrClN2. The molecule has 0 aliphatic heterocycles. The fraction of sp³-hybridized carbons (Fsp3) is 0.250. The predicted octanol–water partition coefficient (Wildman–Crippen LogP) is 2.13. The van der Waals surface area contributed by atoms with Crippen molar-refractivity contribution in [3.05, 3.63) is 15.3 Å². The minimum absolute atomic E-state index is 0.657. The van der Waals surface area contributed by atoms with Crippen molar-refractivity contribution in [2.75, 3.05) is 0 Å². The van der Waals surface area contributed by atoms with Crippen LogP contribution in [-0.4, -0.2) is 10.2 Å². The molecule has 1 heterocycles. The van der Waals surface area contributed by atoms with E-state index in [1.54, 1.807) is 0 Å². The summed E-state index contributed by atoms with van der Waals surface area (Å²) in [4.78, 5) is 0. The van der Waals surface area contributed by atoms with Crippen LogP contribution in [0, 0.1) is 6.92 Å². The lowest BCUT2D eigenvalue weighted by molar-refractivity contribution is 1.03. The molecule has 0 amide bonds. The maximum atomic E-state index is 5.65. The quantitative estimate of drug-likeness (QED) is 0.675. The molecule has 0 aliphatic rings. The highest BCUT2D eigenvalue weighted by Gasteiger charge is 2.01. The summed E-state index contributed by atoms with van der Waals surface area (Å²) in [5.41, 5.74) is 0.818. The van der Waals surface area contributed by atoms with Crippen LogP contribution in [0.1, 0.15) is 5.69 Å². The standard InChI is InChI=1S/C4H4BrClN2/c1-2-3(6)4(5)8-7-2/h1H3,(H,7,8). The van der Waals surface area contributed by atoms with Crippen LogP contribution in [0.5, 0.6) is 0 Å². The normalized spacial score (nSPS) is 9.88. The van der Waals surface area contributed by atoms with E-state index in [0.717, 1.165) is 10.3 Å². The van der Waals surface area contributed by atoms with Crippen molar-refractivity contribution >= 4 is 27.5 Å². The molecule has 0 fully saturated rings. The number of aromatic nitrogens is 2. The van der Waals surface area contributed by atoms with Gasteiger partial charge in [0.15, 0.2) is 0 Å². The van der Waals surface area contributed by atoms with Gasteiger partial charge in [-0.2, -0.15) is 5.10 Å². The number of hydrogen-bond donors (Lipinski definition) is 1. The third kappa shape index (κ3) is 0.880. The highest BCUT2D eigenvalue weighted by Crippen LogP contribution is 2.21. The lowest BCUT2D eigenvalue weighted by atomic mass is 10.5. The van der Waals surface area contributed by atoms with Gasteiger partial charge in [0.25, 0.3) is 0 Å². The van der Waals surface area contributed by atoms with Crippen LogP contribution in [0.25, 0.3) is 0 Å². The number of aromatic amines is 1. The van der Waals surface area contributed by atoms with E-state index in [1.807, 2.05) is 6.92 Å². The van der Waals surface area contributed by atoms with Gasteiger partial charge in [-0.25, -0.2) is 0 Å². The molecule has 44 valence electrons. The minimum atomic E-state index is 0.657. The molecule has 8 heavy (non-hydrogen) atoms. The molecule has 1 aromatic rings. The van der Waals surface area contributed by atoms with Crippen molar-refractivity contribution in [3.8, 4) is 0 Å². The number of hydrogen-bond acceptors (Lipinski definition) is 1. The number of nitrogens with one attached hydrogen (secondary N) is 1. The van der Waals surface area contributed by atoms with E-state index in [1.165, 1.54) is 0 Å². The Morgan fingerprint density at radius 1 is 1.75 bits per heavy atom. The number of nitrogens with zero attached hydrogens (tertiary/aromatic N) is 1. The SMILES string of the molecule is Cc1n[nH]c(Br)c1Cl. The van der Waals surface area contributed by atoms with Gasteiger partial charge in [0, 0.05) is 0 Å². The van der Waals surface area contributed by atoms with Gasteiger partial charge in [-0.15, -0.1) is 0 Å². The Labute approximate surface area is 60.4 Å². The van der Waals surface area contributed by atoms with Gasteiger partial charge < -0.3 is 0 Å². The molecule has 0 aliphatic carbocycles. The zero-order chi connectivity index (χ0) is 6.15. The second-order valence-corrected chi connectivity index (χ2v) is 2.61. The Hall–Kier alpha value is -0.0200. The average Bonchev–Trinajstić information content (AvgIpc) is 1.98. The molecule has 0 spiro atoms. The third-order valence-electron chi connectivity index (χ3n) is 0.832. The Bertz CT molecular complexity index is 176. The summed E-state index contributed by atoms with van der Waals surface area (Å²) in [6, 6.07) is 0. The molecule has 1 N–H and O–H groups in total. The van der Waals surface area contributed by atoms with Crippen molar-refractivity contribution in [1.29, 1.82) is 0 Å². The lowest BCUT2D eigenvalue weighted by Gasteiger charge is -1.78. The zero-order valence-electron chi connectivity index (χ0n) is 4.20. The molecule has 0 radical (unpaired) electrons. The minimum Gasteiger partial charge on any atom is -0.270 e. The van der Waals surface area contributed by atoms with E-state index in [9.17, 15) is 0 Å². The van der Waals surface area contributed by atoms with Crippen LogP contribution in [0.4, 0.5) is 0 Å². The first-order valence-corrected chi connectivity index (χ1v) is 3.25. The number of rotatable bonds is 0. The highest BCUT2D eigenvalue weighted by atomic mass is 79.9. The molecule has 0 bridgehead atoms. The van der Waals surface area contributed by atoms with E-state index in [-0.39, 0.29) is 0 Å². The Morgan fingerprint density at radius 2 is 2.38 bits per heavy atom. The summed E-state index contributed by atoms with van der Waals surface area (Å²) in [6.07, 6.45) is 0. The first kappa shape index (κ1) is 6.11. The van der Waals surface area contributed by atoms with Gasteiger partial charge in [0.2, 0.25) is 0 Å². The van der Waals surface area contributed by atoms with Crippen LogP contribution >= 0.6 is 27.5 Å². The molecule has 2 nitrogen and oxygen atoms in total. The van der Waals surface area contributed by atoms with Crippen molar-refractivity contribution in [2.24, 2.45) is 0 Å².